The Morgan fingerprint density at radius 2 is 1.92 bits per heavy atom. The van der Waals surface area contributed by atoms with E-state index in [2.05, 4.69) is 32.6 Å². The van der Waals surface area contributed by atoms with Crippen LogP contribution >= 0.6 is 0 Å². The first-order valence-corrected chi connectivity index (χ1v) is 13.5. The van der Waals surface area contributed by atoms with E-state index in [0.717, 1.165) is 44.1 Å². The second kappa shape index (κ2) is 12.1. The minimum Gasteiger partial charge on any atom is -0.356 e. The maximum atomic E-state index is 13.6. The lowest BCUT2D eigenvalue weighted by molar-refractivity contribution is -0.136. The molecule has 194 valence electrons. The van der Waals surface area contributed by atoms with Crippen LogP contribution in [0.15, 0.2) is 59.4 Å². The molecule has 0 bridgehead atoms. The highest BCUT2D eigenvalue weighted by Gasteiger charge is 2.45. The van der Waals surface area contributed by atoms with Crippen LogP contribution in [0.3, 0.4) is 0 Å². The van der Waals surface area contributed by atoms with Crippen molar-refractivity contribution in [2.45, 2.75) is 69.7 Å². The molecule has 1 saturated carbocycles. The predicted octanol–water partition coefficient (Wildman–Crippen LogP) is 4.54. The van der Waals surface area contributed by atoms with Gasteiger partial charge in [-0.15, -0.1) is 0 Å². The van der Waals surface area contributed by atoms with Crippen molar-refractivity contribution < 1.29 is 14.1 Å². The Balaban J connectivity index is 1.33. The van der Waals surface area contributed by atoms with Crippen molar-refractivity contribution in [1.29, 1.82) is 0 Å². The summed E-state index contributed by atoms with van der Waals surface area (Å²) in [5.74, 6) is 0.846. The van der Waals surface area contributed by atoms with Crippen molar-refractivity contribution >= 4 is 11.8 Å². The van der Waals surface area contributed by atoms with Gasteiger partial charge in [-0.1, -0.05) is 48.3 Å². The fraction of sp³-hybridized carbons (Fsp3) is 0.483. The summed E-state index contributed by atoms with van der Waals surface area (Å²) in [6, 6.07) is 13.8. The number of amides is 2. The van der Waals surface area contributed by atoms with E-state index in [4.69, 9.17) is 4.52 Å². The van der Waals surface area contributed by atoms with Gasteiger partial charge in [0.2, 0.25) is 23.5 Å². The van der Waals surface area contributed by atoms with Gasteiger partial charge in [0.25, 0.3) is 0 Å². The third-order valence-electron chi connectivity index (χ3n) is 7.62. The van der Waals surface area contributed by atoms with Gasteiger partial charge in [0.15, 0.2) is 0 Å². The molecule has 8 nitrogen and oxygen atoms in total. The molecule has 0 radical (unpaired) electrons. The Morgan fingerprint density at radius 1 is 1.05 bits per heavy atom. The minimum atomic E-state index is -0.282. The number of aromatic nitrogens is 3. The highest BCUT2D eigenvalue weighted by atomic mass is 16.5. The predicted molar refractivity (Wildman–Crippen MR) is 139 cm³/mol. The zero-order chi connectivity index (χ0) is 25.5. The van der Waals surface area contributed by atoms with Crippen LogP contribution in [0.5, 0.6) is 0 Å². The number of benzene rings is 1. The van der Waals surface area contributed by atoms with Gasteiger partial charge in [0, 0.05) is 49.4 Å². The molecule has 1 aliphatic heterocycles. The minimum absolute atomic E-state index is 0.0310. The molecule has 5 rings (SSSR count). The van der Waals surface area contributed by atoms with Gasteiger partial charge in [-0.2, -0.15) is 4.98 Å². The van der Waals surface area contributed by atoms with Crippen LogP contribution in [-0.2, 0) is 16.0 Å². The second-order valence-electron chi connectivity index (χ2n) is 10.2. The summed E-state index contributed by atoms with van der Waals surface area (Å²) in [6.45, 7) is 1.37. The topological polar surface area (TPSA) is 101 Å². The van der Waals surface area contributed by atoms with Gasteiger partial charge >= 0.3 is 0 Å². The average molecular weight is 502 g/mol. The Kier molecular flexibility index (Phi) is 8.23. The van der Waals surface area contributed by atoms with Crippen molar-refractivity contribution in [1.82, 2.24) is 25.3 Å². The van der Waals surface area contributed by atoms with Crippen LogP contribution in [0.2, 0.25) is 0 Å². The second-order valence-corrected chi connectivity index (χ2v) is 10.2. The van der Waals surface area contributed by atoms with E-state index >= 15 is 0 Å². The van der Waals surface area contributed by atoms with Crippen molar-refractivity contribution in [2.24, 2.45) is 5.92 Å². The number of hydrogen-bond acceptors (Lipinski definition) is 6. The molecule has 0 spiro atoms. The van der Waals surface area contributed by atoms with Crippen LogP contribution in [0, 0.1) is 5.92 Å². The van der Waals surface area contributed by atoms with Gasteiger partial charge in [-0.05, 0) is 56.2 Å². The lowest BCUT2D eigenvalue weighted by Gasteiger charge is -2.33. The van der Waals surface area contributed by atoms with E-state index < -0.39 is 0 Å². The normalized spacial score (nSPS) is 22.6. The van der Waals surface area contributed by atoms with Gasteiger partial charge in [0.1, 0.15) is 0 Å². The van der Waals surface area contributed by atoms with Crippen molar-refractivity contribution in [3.63, 3.8) is 0 Å². The molecule has 1 N–H and O–H groups in total. The molecule has 3 aromatic rings. The molecular weight excluding hydrogens is 466 g/mol. The van der Waals surface area contributed by atoms with Crippen LogP contribution in [0.25, 0.3) is 11.4 Å². The molecule has 2 aromatic heterocycles. The first-order chi connectivity index (χ1) is 18.2. The zero-order valence-electron chi connectivity index (χ0n) is 21.2. The molecule has 2 amide bonds. The molecule has 2 fully saturated rings. The summed E-state index contributed by atoms with van der Waals surface area (Å²) in [5, 5.41) is 7.29. The summed E-state index contributed by atoms with van der Waals surface area (Å²) in [5.41, 5.74) is 2.03. The smallest absolute Gasteiger partial charge is 0.230 e. The Bertz CT molecular complexity index is 1170. The average Bonchev–Trinajstić information content (AvgIpc) is 3.59. The molecule has 37 heavy (non-hydrogen) atoms. The zero-order valence-corrected chi connectivity index (χ0v) is 21.2. The lowest BCUT2D eigenvalue weighted by Crippen LogP contribution is -2.47. The number of fused-ring (bicyclic) bond motifs is 1. The summed E-state index contributed by atoms with van der Waals surface area (Å²) >= 11 is 0. The first-order valence-electron chi connectivity index (χ1n) is 13.5. The van der Waals surface area contributed by atoms with Crippen LogP contribution in [0.4, 0.5) is 0 Å². The number of rotatable bonds is 6. The van der Waals surface area contributed by atoms with Crippen molar-refractivity contribution in [3.05, 3.63) is 66.3 Å². The number of nitrogens with one attached hydrogen (secondary N) is 1. The Labute approximate surface area is 217 Å². The van der Waals surface area contributed by atoms with E-state index in [-0.39, 0.29) is 29.7 Å². The molecule has 1 aliphatic carbocycles. The van der Waals surface area contributed by atoms with Gasteiger partial charge in [-0.3, -0.25) is 14.6 Å². The fourth-order valence-corrected chi connectivity index (χ4v) is 5.67. The van der Waals surface area contributed by atoms with Crippen LogP contribution in [0.1, 0.15) is 68.7 Å². The fourth-order valence-electron chi connectivity index (χ4n) is 5.67. The Hall–Kier alpha value is -3.55. The van der Waals surface area contributed by atoms with E-state index in [9.17, 15) is 9.59 Å². The molecule has 1 saturated heterocycles. The summed E-state index contributed by atoms with van der Waals surface area (Å²) in [7, 11) is 0. The summed E-state index contributed by atoms with van der Waals surface area (Å²) in [6.07, 6.45) is 10.9. The molecule has 1 aromatic carbocycles. The molecule has 3 heterocycles. The summed E-state index contributed by atoms with van der Waals surface area (Å²) < 4.78 is 5.66. The Morgan fingerprint density at radius 3 is 2.76 bits per heavy atom. The molecular formula is C29H35N5O3. The largest absolute Gasteiger partial charge is 0.356 e. The van der Waals surface area contributed by atoms with Crippen molar-refractivity contribution in [2.75, 3.05) is 13.1 Å². The van der Waals surface area contributed by atoms with Gasteiger partial charge in [-0.25, -0.2) is 0 Å². The monoisotopic (exact) mass is 501 g/mol. The van der Waals surface area contributed by atoms with Crippen molar-refractivity contribution in [3.8, 4) is 11.4 Å². The third kappa shape index (κ3) is 6.24. The standard InChI is InChI=1S/C29H35N5O3/c35-26(14-8-12-21-10-4-3-5-11-21)34-17-7-2-1-6-16-31-28(36)24-18-23(19-25(24)34)29-32-27(33-37-29)22-13-9-15-30-20-22/h3-5,9-11,13,15,20,23-25H,1-2,6-8,12,14,16-19H2,(H,31,36). The van der Waals surface area contributed by atoms with E-state index in [1.165, 1.54) is 5.56 Å². The number of nitrogens with zero attached hydrogens (tertiary/aromatic N) is 4. The molecule has 2 aliphatic rings. The van der Waals surface area contributed by atoms with E-state index in [0.29, 0.717) is 44.1 Å². The number of aryl methyl sites for hydroxylation is 1. The maximum absolute atomic E-state index is 13.6. The SMILES string of the molecule is O=C1NCCCCCCN(C(=O)CCCc2ccccc2)C2CC(c3nc(-c4cccnc4)no3)CC12. The van der Waals surface area contributed by atoms with Gasteiger partial charge in [0.05, 0.1) is 5.92 Å². The third-order valence-corrected chi connectivity index (χ3v) is 7.62. The van der Waals surface area contributed by atoms with E-state index in [1.54, 1.807) is 12.4 Å². The number of carbonyl (C=O) groups is 2. The molecule has 3 unspecified atom stereocenters. The van der Waals surface area contributed by atoms with E-state index in [1.807, 2.05) is 35.2 Å². The summed E-state index contributed by atoms with van der Waals surface area (Å²) in [4.78, 5) is 37.6. The highest BCUT2D eigenvalue weighted by molar-refractivity contribution is 5.82. The molecule has 8 heteroatoms. The van der Waals surface area contributed by atoms with Gasteiger partial charge < -0.3 is 14.7 Å². The maximum Gasteiger partial charge on any atom is 0.230 e. The number of pyridine rings is 1. The number of carbonyl (C=O) groups excluding carboxylic acids is 2. The van der Waals surface area contributed by atoms with Crippen LogP contribution < -0.4 is 5.32 Å². The quantitative estimate of drug-likeness (QED) is 0.532. The number of hydrogen-bond donors (Lipinski definition) is 1. The molecule has 3 atom stereocenters. The first kappa shape index (κ1) is 25.1. The highest BCUT2D eigenvalue weighted by Crippen LogP contribution is 2.41. The van der Waals surface area contributed by atoms with Crippen LogP contribution in [-0.4, -0.2) is 51.0 Å². The lowest BCUT2D eigenvalue weighted by atomic mass is 9.99.